The van der Waals surface area contributed by atoms with Crippen LogP contribution in [0.3, 0.4) is 0 Å². The molecule has 0 aromatic heterocycles. The van der Waals surface area contributed by atoms with Crippen molar-refractivity contribution in [3.8, 4) is 0 Å². The van der Waals surface area contributed by atoms with Crippen LogP contribution in [-0.4, -0.2) is 42.5 Å². The van der Waals surface area contributed by atoms with Gasteiger partial charge in [0.15, 0.2) is 0 Å². The Balaban J connectivity index is 0.00000225. The van der Waals surface area contributed by atoms with Crippen LogP contribution in [0, 0.1) is 0 Å². The minimum Gasteiger partial charge on any atom is -0.351 e. The molecule has 1 saturated heterocycles. The highest BCUT2D eigenvalue weighted by Gasteiger charge is 2.42. The van der Waals surface area contributed by atoms with Crippen molar-refractivity contribution >= 4 is 30.1 Å². The Bertz CT molecular complexity index is 244. The summed E-state index contributed by atoms with van der Waals surface area (Å²) in [4.78, 5) is 11.5. The van der Waals surface area contributed by atoms with Gasteiger partial charge in [-0.2, -0.15) is 11.8 Å². The molecule has 2 atom stereocenters. The Hall–Kier alpha value is -0.0700. The topological polar surface area (TPSA) is 41.1 Å². The lowest BCUT2D eigenvalue weighted by molar-refractivity contribution is -0.123. The van der Waals surface area contributed by atoms with Gasteiger partial charge in [-0.05, 0) is 13.2 Å². The van der Waals surface area contributed by atoms with Gasteiger partial charge in [0.05, 0.1) is 12.6 Å². The van der Waals surface area contributed by atoms with Crippen molar-refractivity contribution in [2.75, 3.05) is 18.6 Å². The number of rotatable bonds is 4. The van der Waals surface area contributed by atoms with Gasteiger partial charge in [0.25, 0.3) is 5.92 Å². The first-order valence-corrected chi connectivity index (χ1v) is 6.24. The minimum atomic E-state index is -2.75. The first-order chi connectivity index (χ1) is 6.94. The summed E-state index contributed by atoms with van der Waals surface area (Å²) in [6.45, 7) is 1.46. The highest BCUT2D eigenvalue weighted by molar-refractivity contribution is 7.98. The van der Waals surface area contributed by atoms with E-state index in [2.05, 4.69) is 10.6 Å². The van der Waals surface area contributed by atoms with Crippen molar-refractivity contribution in [2.45, 2.75) is 31.4 Å². The molecule has 2 N–H and O–H groups in total. The van der Waals surface area contributed by atoms with E-state index in [-0.39, 0.29) is 24.4 Å². The number of carbonyl (C=O) groups excluding carboxylic acids is 1. The quantitative estimate of drug-likeness (QED) is 0.811. The van der Waals surface area contributed by atoms with Crippen LogP contribution in [0.5, 0.6) is 0 Å². The fourth-order valence-corrected chi connectivity index (χ4v) is 2.12. The van der Waals surface area contributed by atoms with E-state index in [0.29, 0.717) is 0 Å². The zero-order valence-corrected chi connectivity index (χ0v) is 10.9. The molecule has 1 amide bonds. The molecule has 0 spiro atoms. The number of alkyl halides is 2. The van der Waals surface area contributed by atoms with Crippen LogP contribution in [-0.2, 0) is 4.79 Å². The number of hydrogen-bond donors (Lipinski definition) is 2. The molecule has 0 radical (unpaired) electrons. The highest BCUT2D eigenvalue weighted by atomic mass is 35.5. The molecule has 96 valence electrons. The van der Waals surface area contributed by atoms with Gasteiger partial charge in [0, 0.05) is 18.2 Å². The van der Waals surface area contributed by atoms with Crippen LogP contribution >= 0.6 is 24.2 Å². The van der Waals surface area contributed by atoms with E-state index in [1.54, 1.807) is 11.8 Å². The molecule has 1 rings (SSSR count). The summed E-state index contributed by atoms with van der Waals surface area (Å²) < 4.78 is 25.6. The molecule has 0 aromatic rings. The monoisotopic (exact) mass is 274 g/mol. The Morgan fingerprint density at radius 3 is 2.75 bits per heavy atom. The molecule has 0 aliphatic carbocycles. The second-order valence-electron chi connectivity index (χ2n) is 3.86. The fraction of sp³-hybridized carbons (Fsp3) is 0.889. The minimum absolute atomic E-state index is 0. The van der Waals surface area contributed by atoms with Crippen molar-refractivity contribution in [2.24, 2.45) is 0 Å². The van der Waals surface area contributed by atoms with Gasteiger partial charge in [-0.25, -0.2) is 8.78 Å². The molecule has 3 nitrogen and oxygen atoms in total. The lowest BCUT2D eigenvalue weighted by atomic mass is 10.2. The summed E-state index contributed by atoms with van der Waals surface area (Å²) in [6.07, 6.45) is 1.54. The summed E-state index contributed by atoms with van der Waals surface area (Å²) in [5, 5.41) is 5.23. The Morgan fingerprint density at radius 1 is 1.69 bits per heavy atom. The van der Waals surface area contributed by atoms with E-state index in [4.69, 9.17) is 0 Å². The number of hydrogen-bond acceptors (Lipinski definition) is 3. The van der Waals surface area contributed by atoms with Crippen LogP contribution in [0.15, 0.2) is 0 Å². The molecule has 1 heterocycles. The van der Waals surface area contributed by atoms with Gasteiger partial charge >= 0.3 is 0 Å². The molecule has 16 heavy (non-hydrogen) atoms. The lowest BCUT2D eigenvalue weighted by Gasteiger charge is -2.16. The number of thioether (sulfide) groups is 1. The molecule has 0 aromatic carbocycles. The van der Waals surface area contributed by atoms with Gasteiger partial charge in [-0.3, -0.25) is 10.1 Å². The van der Waals surface area contributed by atoms with Crippen molar-refractivity contribution in [1.82, 2.24) is 10.6 Å². The third kappa shape index (κ3) is 4.84. The molecule has 1 fully saturated rings. The molecule has 1 aliphatic heterocycles. The average Bonchev–Trinajstić information content (AvgIpc) is 2.46. The number of amides is 1. The zero-order chi connectivity index (χ0) is 11.5. The Kier molecular flexibility index (Phi) is 6.58. The first kappa shape index (κ1) is 15.9. The smallest absolute Gasteiger partial charge is 0.262 e. The third-order valence-corrected chi connectivity index (χ3v) is 3.07. The van der Waals surface area contributed by atoms with Crippen molar-refractivity contribution in [3.63, 3.8) is 0 Å². The average molecular weight is 275 g/mol. The van der Waals surface area contributed by atoms with Crippen LogP contribution < -0.4 is 10.6 Å². The largest absolute Gasteiger partial charge is 0.351 e. The van der Waals surface area contributed by atoms with Gasteiger partial charge in [-0.1, -0.05) is 0 Å². The fourth-order valence-electron chi connectivity index (χ4n) is 1.54. The number of halogens is 3. The second kappa shape index (κ2) is 6.61. The van der Waals surface area contributed by atoms with E-state index in [9.17, 15) is 13.6 Å². The zero-order valence-electron chi connectivity index (χ0n) is 9.26. The summed E-state index contributed by atoms with van der Waals surface area (Å²) in [7, 11) is 0. The van der Waals surface area contributed by atoms with Crippen LogP contribution in [0.25, 0.3) is 0 Å². The van der Waals surface area contributed by atoms with E-state index in [0.717, 1.165) is 5.75 Å². The summed E-state index contributed by atoms with van der Waals surface area (Å²) in [6, 6.07) is -0.729. The normalized spacial score (nSPS) is 24.6. The highest BCUT2D eigenvalue weighted by Crippen LogP contribution is 2.25. The molecule has 1 aliphatic rings. The molecule has 0 saturated carbocycles. The second-order valence-corrected chi connectivity index (χ2v) is 4.77. The predicted octanol–water partition coefficient (Wildman–Crippen LogP) is 1.27. The summed E-state index contributed by atoms with van der Waals surface area (Å²) >= 11 is 1.61. The summed E-state index contributed by atoms with van der Waals surface area (Å²) in [5.41, 5.74) is 0. The summed E-state index contributed by atoms with van der Waals surface area (Å²) in [5.74, 6) is -2.28. The number of nitrogens with one attached hydrogen (secondary N) is 2. The number of carbonyl (C=O) groups is 1. The maximum Gasteiger partial charge on any atom is 0.262 e. The van der Waals surface area contributed by atoms with Crippen molar-refractivity contribution < 1.29 is 13.6 Å². The molecular weight excluding hydrogens is 258 g/mol. The Morgan fingerprint density at radius 2 is 2.31 bits per heavy atom. The third-order valence-electron chi connectivity index (χ3n) is 2.23. The predicted molar refractivity (Wildman–Crippen MR) is 64.6 cm³/mol. The molecule has 2 unspecified atom stereocenters. The van der Waals surface area contributed by atoms with E-state index < -0.39 is 24.9 Å². The van der Waals surface area contributed by atoms with E-state index >= 15 is 0 Å². The first-order valence-electron chi connectivity index (χ1n) is 4.85. The molecule has 7 heteroatoms. The van der Waals surface area contributed by atoms with Gasteiger partial charge in [0.1, 0.15) is 0 Å². The van der Waals surface area contributed by atoms with Gasteiger partial charge < -0.3 is 5.32 Å². The maximum absolute atomic E-state index is 12.8. The van der Waals surface area contributed by atoms with Crippen LogP contribution in [0.2, 0.25) is 0 Å². The van der Waals surface area contributed by atoms with Crippen molar-refractivity contribution in [3.05, 3.63) is 0 Å². The van der Waals surface area contributed by atoms with Crippen LogP contribution in [0.4, 0.5) is 8.78 Å². The van der Waals surface area contributed by atoms with E-state index in [1.165, 1.54) is 0 Å². The van der Waals surface area contributed by atoms with E-state index in [1.807, 2.05) is 13.2 Å². The SMILES string of the molecule is CSCC(C)NC(=O)C1CC(F)(F)CN1.Cl. The van der Waals surface area contributed by atoms with Gasteiger partial charge in [-0.15, -0.1) is 12.4 Å². The lowest BCUT2D eigenvalue weighted by Crippen LogP contribution is -2.45. The standard InChI is InChI=1S/C9H16F2N2OS.ClH/c1-6(4-15-2)13-8(14)7-3-9(10,11)5-12-7;/h6-7,12H,3-5H2,1-2H3,(H,13,14);1H. The Labute approximate surface area is 105 Å². The maximum atomic E-state index is 12.8. The van der Waals surface area contributed by atoms with Crippen molar-refractivity contribution in [1.29, 1.82) is 0 Å². The van der Waals surface area contributed by atoms with Gasteiger partial charge in [0.2, 0.25) is 5.91 Å². The molecule has 0 bridgehead atoms. The molecular formula is C9H17ClF2N2OS. The van der Waals surface area contributed by atoms with Crippen LogP contribution in [0.1, 0.15) is 13.3 Å².